The third-order valence-corrected chi connectivity index (χ3v) is 3.81. The van der Waals surface area contributed by atoms with Gasteiger partial charge >= 0.3 is 5.97 Å². The summed E-state index contributed by atoms with van der Waals surface area (Å²) in [6.45, 7) is 4.66. The molecule has 0 aliphatic carbocycles. The molecular weight excluding hydrogens is 300 g/mol. The number of nitrogens with one attached hydrogen (secondary N) is 1. The first-order valence-electron chi connectivity index (χ1n) is 5.71. The van der Waals surface area contributed by atoms with E-state index in [4.69, 9.17) is 4.74 Å². The van der Waals surface area contributed by atoms with Gasteiger partial charge in [-0.2, -0.15) is 0 Å². The molecule has 0 bridgehead atoms. The van der Waals surface area contributed by atoms with Crippen LogP contribution in [0.15, 0.2) is 16.7 Å². The van der Waals surface area contributed by atoms with E-state index >= 15 is 0 Å². The second-order valence-corrected chi connectivity index (χ2v) is 5.58. The van der Waals surface area contributed by atoms with E-state index in [2.05, 4.69) is 26.2 Å². The highest BCUT2D eigenvalue weighted by molar-refractivity contribution is 9.10. The predicted molar refractivity (Wildman–Crippen MR) is 71.0 cm³/mol. The maximum absolute atomic E-state index is 11.2. The van der Waals surface area contributed by atoms with Gasteiger partial charge in [0.25, 0.3) is 0 Å². The third kappa shape index (κ3) is 2.49. The molecule has 5 nitrogen and oxygen atoms in total. The Morgan fingerprint density at radius 1 is 1.72 bits per heavy atom. The SMILES string of the molecule is CC1OCCC1(C)Nc1ncc(Br)cc1C(=O)O. The van der Waals surface area contributed by atoms with Gasteiger partial charge in [0, 0.05) is 17.3 Å². The Morgan fingerprint density at radius 3 is 3.00 bits per heavy atom. The molecule has 18 heavy (non-hydrogen) atoms. The second kappa shape index (κ2) is 4.85. The highest BCUT2D eigenvalue weighted by atomic mass is 79.9. The van der Waals surface area contributed by atoms with Crippen LogP contribution in [0.4, 0.5) is 5.82 Å². The third-order valence-electron chi connectivity index (χ3n) is 3.38. The number of ether oxygens (including phenoxy) is 1. The van der Waals surface area contributed by atoms with Crippen molar-refractivity contribution in [3.8, 4) is 0 Å². The van der Waals surface area contributed by atoms with Gasteiger partial charge in [0.05, 0.1) is 11.6 Å². The average Bonchev–Trinajstić information content (AvgIpc) is 2.61. The highest BCUT2D eigenvalue weighted by Gasteiger charge is 2.38. The topological polar surface area (TPSA) is 71.5 Å². The molecule has 2 rings (SSSR count). The molecule has 2 heterocycles. The van der Waals surface area contributed by atoms with Crippen LogP contribution in [0.2, 0.25) is 0 Å². The van der Waals surface area contributed by atoms with Crippen LogP contribution in [0.3, 0.4) is 0 Å². The summed E-state index contributed by atoms with van der Waals surface area (Å²) in [7, 11) is 0. The largest absolute Gasteiger partial charge is 0.478 e. The lowest BCUT2D eigenvalue weighted by atomic mass is 9.94. The Kier molecular flexibility index (Phi) is 3.59. The molecule has 98 valence electrons. The van der Waals surface area contributed by atoms with E-state index in [0.29, 0.717) is 16.9 Å². The maximum atomic E-state index is 11.2. The van der Waals surface area contributed by atoms with Crippen LogP contribution < -0.4 is 5.32 Å². The summed E-state index contributed by atoms with van der Waals surface area (Å²) < 4.78 is 6.16. The molecule has 0 saturated carbocycles. The van der Waals surface area contributed by atoms with E-state index in [1.807, 2.05) is 13.8 Å². The Balaban J connectivity index is 2.31. The number of aromatic nitrogens is 1. The molecule has 1 saturated heterocycles. The van der Waals surface area contributed by atoms with Crippen LogP contribution in [0, 0.1) is 0 Å². The van der Waals surface area contributed by atoms with Crippen molar-refractivity contribution < 1.29 is 14.6 Å². The van der Waals surface area contributed by atoms with Crippen molar-refractivity contribution in [1.82, 2.24) is 4.98 Å². The number of rotatable bonds is 3. The van der Waals surface area contributed by atoms with Gasteiger partial charge in [-0.25, -0.2) is 9.78 Å². The second-order valence-electron chi connectivity index (χ2n) is 4.66. The van der Waals surface area contributed by atoms with E-state index in [-0.39, 0.29) is 17.2 Å². The number of pyridine rings is 1. The zero-order valence-corrected chi connectivity index (χ0v) is 11.8. The van der Waals surface area contributed by atoms with E-state index in [1.165, 1.54) is 0 Å². The number of carboxylic acid groups (broad SMARTS) is 1. The van der Waals surface area contributed by atoms with Crippen molar-refractivity contribution in [3.05, 3.63) is 22.3 Å². The number of anilines is 1. The number of carbonyl (C=O) groups is 1. The molecule has 2 N–H and O–H groups in total. The van der Waals surface area contributed by atoms with Gasteiger partial charge in [-0.15, -0.1) is 0 Å². The molecule has 6 heteroatoms. The van der Waals surface area contributed by atoms with Gasteiger partial charge in [0.1, 0.15) is 11.4 Å². The summed E-state index contributed by atoms with van der Waals surface area (Å²) in [5.41, 5.74) is -0.130. The Hall–Kier alpha value is -1.14. The van der Waals surface area contributed by atoms with Crippen LogP contribution >= 0.6 is 15.9 Å². The molecule has 0 amide bonds. The molecule has 0 spiro atoms. The fourth-order valence-electron chi connectivity index (χ4n) is 1.97. The van der Waals surface area contributed by atoms with Gasteiger partial charge in [0.2, 0.25) is 0 Å². The van der Waals surface area contributed by atoms with Crippen molar-refractivity contribution in [1.29, 1.82) is 0 Å². The van der Waals surface area contributed by atoms with E-state index < -0.39 is 5.97 Å². The van der Waals surface area contributed by atoms with Crippen molar-refractivity contribution in [2.45, 2.75) is 31.9 Å². The lowest BCUT2D eigenvalue weighted by Gasteiger charge is -2.30. The summed E-state index contributed by atoms with van der Waals surface area (Å²) in [5, 5.41) is 12.4. The normalized spacial score (nSPS) is 27.2. The number of aromatic carboxylic acids is 1. The first-order chi connectivity index (χ1) is 8.42. The van der Waals surface area contributed by atoms with Gasteiger partial charge in [-0.1, -0.05) is 0 Å². The van der Waals surface area contributed by atoms with Gasteiger partial charge in [0.15, 0.2) is 0 Å². The summed E-state index contributed by atoms with van der Waals surface area (Å²) >= 11 is 3.22. The van der Waals surface area contributed by atoms with Gasteiger partial charge in [-0.3, -0.25) is 0 Å². The van der Waals surface area contributed by atoms with Crippen molar-refractivity contribution in [3.63, 3.8) is 0 Å². The van der Waals surface area contributed by atoms with Crippen LogP contribution in [0.5, 0.6) is 0 Å². The van der Waals surface area contributed by atoms with Crippen molar-refractivity contribution >= 4 is 27.7 Å². The van der Waals surface area contributed by atoms with Crippen molar-refractivity contribution in [2.75, 3.05) is 11.9 Å². The molecule has 1 aromatic rings. The fraction of sp³-hybridized carbons (Fsp3) is 0.500. The molecule has 2 unspecified atom stereocenters. The summed E-state index contributed by atoms with van der Waals surface area (Å²) in [6, 6.07) is 1.54. The minimum atomic E-state index is -0.999. The molecule has 2 atom stereocenters. The summed E-state index contributed by atoms with van der Waals surface area (Å²) in [4.78, 5) is 15.3. The monoisotopic (exact) mass is 314 g/mol. The fourth-order valence-corrected chi connectivity index (χ4v) is 2.30. The number of hydrogen-bond acceptors (Lipinski definition) is 4. The molecule has 1 fully saturated rings. The molecule has 0 radical (unpaired) electrons. The minimum absolute atomic E-state index is 0.0181. The summed E-state index contributed by atoms with van der Waals surface area (Å²) in [6.07, 6.45) is 2.42. The van der Waals surface area contributed by atoms with Gasteiger partial charge in [-0.05, 0) is 42.3 Å². The van der Waals surface area contributed by atoms with Crippen molar-refractivity contribution in [2.24, 2.45) is 0 Å². The minimum Gasteiger partial charge on any atom is -0.478 e. The number of halogens is 1. The number of carboxylic acids is 1. The number of nitrogens with zero attached hydrogens (tertiary/aromatic N) is 1. The quantitative estimate of drug-likeness (QED) is 0.897. The molecule has 1 aliphatic heterocycles. The smallest absolute Gasteiger partial charge is 0.339 e. The van der Waals surface area contributed by atoms with E-state index in [9.17, 15) is 9.90 Å². The Morgan fingerprint density at radius 2 is 2.44 bits per heavy atom. The first kappa shape index (κ1) is 13.3. The Bertz CT molecular complexity index is 480. The Labute approximate surface area is 114 Å². The zero-order valence-electron chi connectivity index (χ0n) is 10.2. The average molecular weight is 315 g/mol. The predicted octanol–water partition coefficient (Wildman–Crippen LogP) is 2.52. The van der Waals surface area contributed by atoms with Crippen LogP contribution in [0.25, 0.3) is 0 Å². The molecule has 0 aromatic carbocycles. The first-order valence-corrected chi connectivity index (χ1v) is 6.50. The molecule has 1 aliphatic rings. The standard InChI is InChI=1S/C12H15BrN2O3/c1-7-12(2,3-4-18-7)15-10-9(11(16)17)5-8(13)6-14-10/h5-7H,3-4H2,1-2H3,(H,14,15)(H,16,17). The van der Waals surface area contributed by atoms with Gasteiger partial charge < -0.3 is 15.2 Å². The molecular formula is C12H15BrN2O3. The zero-order chi connectivity index (χ0) is 13.3. The van der Waals surface area contributed by atoms with E-state index in [1.54, 1.807) is 12.3 Å². The molecule has 1 aromatic heterocycles. The highest BCUT2D eigenvalue weighted by Crippen LogP contribution is 2.30. The van der Waals surface area contributed by atoms with Crippen LogP contribution in [-0.4, -0.2) is 34.3 Å². The lowest BCUT2D eigenvalue weighted by molar-refractivity contribution is 0.0696. The van der Waals surface area contributed by atoms with Crippen LogP contribution in [0.1, 0.15) is 30.6 Å². The van der Waals surface area contributed by atoms with Crippen LogP contribution in [-0.2, 0) is 4.74 Å². The maximum Gasteiger partial charge on any atom is 0.339 e. The lowest BCUT2D eigenvalue weighted by Crippen LogP contribution is -2.42. The number of hydrogen-bond donors (Lipinski definition) is 2. The summed E-state index contributed by atoms with van der Waals surface area (Å²) in [5.74, 6) is -0.619. The van der Waals surface area contributed by atoms with E-state index in [0.717, 1.165) is 6.42 Å².